The van der Waals surface area contributed by atoms with Crippen LogP contribution in [-0.2, 0) is 0 Å². The van der Waals surface area contributed by atoms with Crippen LogP contribution in [0.15, 0.2) is 16.7 Å². The lowest BCUT2D eigenvalue weighted by atomic mass is 10.4. The van der Waals surface area contributed by atoms with E-state index in [1.165, 1.54) is 12.3 Å². The Morgan fingerprint density at radius 2 is 2.13 bits per heavy atom. The molecule has 0 aliphatic heterocycles. The maximum atomic E-state index is 12.1. The average Bonchev–Trinajstić information content (AvgIpc) is 2.66. The smallest absolute Gasteiger partial charge is 0.314 e. The van der Waals surface area contributed by atoms with Gasteiger partial charge in [0, 0.05) is 6.20 Å². The quantitative estimate of drug-likeness (QED) is 0.801. The number of nitrogens with zero attached hydrogens (tertiary/aromatic N) is 4. The van der Waals surface area contributed by atoms with Crippen LogP contribution in [-0.4, -0.2) is 20.2 Å². The molecule has 0 aliphatic rings. The van der Waals surface area contributed by atoms with Crippen LogP contribution in [0.1, 0.15) is 12.3 Å². The summed E-state index contributed by atoms with van der Waals surface area (Å²) in [5, 5.41) is 6.56. The maximum Gasteiger partial charge on any atom is 0.314 e. The van der Waals surface area contributed by atoms with E-state index in [1.54, 1.807) is 0 Å². The Kier molecular flexibility index (Phi) is 2.24. The van der Waals surface area contributed by atoms with Crippen LogP contribution in [0.5, 0.6) is 0 Å². The number of hydrogen-bond donors (Lipinski definition) is 1. The van der Waals surface area contributed by atoms with Crippen molar-refractivity contribution in [2.75, 3.05) is 5.73 Å². The zero-order chi connectivity index (χ0) is 10.8. The molecule has 0 atom stereocenters. The molecule has 0 fully saturated rings. The molecule has 2 N–H and O–H groups in total. The van der Waals surface area contributed by atoms with Crippen molar-refractivity contribution in [3.8, 4) is 11.6 Å². The molecule has 0 amide bonds. The first-order chi connectivity index (χ1) is 7.16. The molecule has 0 aliphatic carbocycles. The molecule has 0 bridgehead atoms. The Bertz CT molecular complexity index is 472. The fraction of sp³-hybridized carbons (Fsp3) is 0.143. The fourth-order valence-corrected chi connectivity index (χ4v) is 0.919. The zero-order valence-corrected chi connectivity index (χ0v) is 7.26. The summed E-state index contributed by atoms with van der Waals surface area (Å²) in [7, 11) is 0. The SMILES string of the molecule is Nc1nccc(-c2nnc(C(F)F)o2)n1. The number of alkyl halides is 2. The molecule has 78 valence electrons. The van der Waals surface area contributed by atoms with Gasteiger partial charge in [-0.25, -0.2) is 9.97 Å². The predicted molar refractivity (Wildman–Crippen MR) is 44.7 cm³/mol. The van der Waals surface area contributed by atoms with Gasteiger partial charge in [-0.3, -0.25) is 0 Å². The molecule has 2 rings (SSSR count). The van der Waals surface area contributed by atoms with Gasteiger partial charge in [-0.15, -0.1) is 10.2 Å². The highest BCUT2D eigenvalue weighted by Gasteiger charge is 2.17. The van der Waals surface area contributed by atoms with E-state index < -0.39 is 12.3 Å². The normalized spacial score (nSPS) is 10.9. The van der Waals surface area contributed by atoms with Crippen LogP contribution in [0.4, 0.5) is 14.7 Å². The first-order valence-corrected chi connectivity index (χ1v) is 3.87. The summed E-state index contributed by atoms with van der Waals surface area (Å²) >= 11 is 0. The molecule has 0 radical (unpaired) electrons. The molecule has 8 heteroatoms. The molecule has 0 spiro atoms. The standard InChI is InChI=1S/C7H5F2N5O/c8-4(9)6-14-13-5(15-6)3-1-2-11-7(10)12-3/h1-2,4H,(H2,10,11,12). The van der Waals surface area contributed by atoms with E-state index in [-0.39, 0.29) is 17.5 Å². The van der Waals surface area contributed by atoms with Gasteiger partial charge in [0.05, 0.1) is 0 Å². The Labute approximate surface area is 82.2 Å². The third kappa shape index (κ3) is 1.87. The van der Waals surface area contributed by atoms with Crippen LogP contribution in [0.3, 0.4) is 0 Å². The number of aromatic nitrogens is 4. The summed E-state index contributed by atoms with van der Waals surface area (Å²) in [5.74, 6) is -0.856. The summed E-state index contributed by atoms with van der Waals surface area (Å²) in [6.07, 6.45) is -1.44. The predicted octanol–water partition coefficient (Wildman–Crippen LogP) is 1.05. The lowest BCUT2D eigenvalue weighted by molar-refractivity contribution is 0.116. The lowest BCUT2D eigenvalue weighted by Gasteiger charge is -1.94. The Morgan fingerprint density at radius 1 is 1.33 bits per heavy atom. The van der Waals surface area contributed by atoms with Crippen LogP contribution < -0.4 is 5.73 Å². The van der Waals surface area contributed by atoms with Gasteiger partial charge in [0.15, 0.2) is 0 Å². The van der Waals surface area contributed by atoms with E-state index in [4.69, 9.17) is 5.73 Å². The highest BCUT2D eigenvalue weighted by atomic mass is 19.3. The summed E-state index contributed by atoms with van der Waals surface area (Å²) in [6, 6.07) is 1.43. The number of halogens is 2. The third-order valence-electron chi connectivity index (χ3n) is 1.52. The highest BCUT2D eigenvalue weighted by Crippen LogP contribution is 2.21. The Hall–Kier alpha value is -2.12. The number of hydrogen-bond acceptors (Lipinski definition) is 6. The minimum Gasteiger partial charge on any atom is -0.414 e. The van der Waals surface area contributed by atoms with Crippen molar-refractivity contribution in [3.05, 3.63) is 18.2 Å². The van der Waals surface area contributed by atoms with E-state index in [2.05, 4.69) is 24.6 Å². The summed E-state index contributed by atoms with van der Waals surface area (Å²) in [4.78, 5) is 7.38. The van der Waals surface area contributed by atoms with E-state index in [9.17, 15) is 8.78 Å². The number of rotatable bonds is 2. The van der Waals surface area contributed by atoms with Gasteiger partial charge >= 0.3 is 6.43 Å². The summed E-state index contributed by atoms with van der Waals surface area (Å²) in [5.41, 5.74) is 5.51. The van der Waals surface area contributed by atoms with Crippen LogP contribution in [0, 0.1) is 0 Å². The van der Waals surface area contributed by atoms with Gasteiger partial charge in [-0.2, -0.15) is 8.78 Å². The minimum absolute atomic E-state index is 0.00398. The van der Waals surface area contributed by atoms with Crippen molar-refractivity contribution < 1.29 is 13.2 Å². The first kappa shape index (κ1) is 9.44. The first-order valence-electron chi connectivity index (χ1n) is 3.87. The second-order valence-electron chi connectivity index (χ2n) is 2.55. The van der Waals surface area contributed by atoms with Gasteiger partial charge in [-0.1, -0.05) is 0 Å². The number of nitrogens with two attached hydrogens (primary N) is 1. The molecule has 0 aromatic carbocycles. The molecule has 0 unspecified atom stereocenters. The van der Waals surface area contributed by atoms with Gasteiger partial charge in [0.2, 0.25) is 5.95 Å². The van der Waals surface area contributed by atoms with E-state index in [1.807, 2.05) is 0 Å². The van der Waals surface area contributed by atoms with Crippen molar-refractivity contribution >= 4 is 5.95 Å². The molecular formula is C7H5F2N5O. The number of nitrogen functional groups attached to an aromatic ring is 1. The number of anilines is 1. The summed E-state index contributed by atoms with van der Waals surface area (Å²) < 4.78 is 28.9. The Balaban J connectivity index is 2.37. The van der Waals surface area contributed by atoms with Crippen LogP contribution in [0.2, 0.25) is 0 Å². The molecule has 15 heavy (non-hydrogen) atoms. The third-order valence-corrected chi connectivity index (χ3v) is 1.52. The van der Waals surface area contributed by atoms with Crippen LogP contribution in [0.25, 0.3) is 11.6 Å². The van der Waals surface area contributed by atoms with E-state index in [0.29, 0.717) is 0 Å². The van der Waals surface area contributed by atoms with Gasteiger partial charge in [0.1, 0.15) is 5.69 Å². The van der Waals surface area contributed by atoms with Crippen molar-refractivity contribution in [2.45, 2.75) is 6.43 Å². The van der Waals surface area contributed by atoms with Crippen LogP contribution >= 0.6 is 0 Å². The van der Waals surface area contributed by atoms with Crippen molar-refractivity contribution in [3.63, 3.8) is 0 Å². The van der Waals surface area contributed by atoms with Gasteiger partial charge in [-0.05, 0) is 6.07 Å². The molecule has 0 saturated heterocycles. The minimum atomic E-state index is -2.80. The Morgan fingerprint density at radius 3 is 2.73 bits per heavy atom. The van der Waals surface area contributed by atoms with Gasteiger partial charge in [0.25, 0.3) is 11.8 Å². The largest absolute Gasteiger partial charge is 0.414 e. The fourth-order valence-electron chi connectivity index (χ4n) is 0.919. The molecule has 2 heterocycles. The average molecular weight is 213 g/mol. The van der Waals surface area contributed by atoms with E-state index >= 15 is 0 Å². The summed E-state index contributed by atoms with van der Waals surface area (Å²) in [6.45, 7) is 0. The molecular weight excluding hydrogens is 208 g/mol. The lowest BCUT2D eigenvalue weighted by Crippen LogP contribution is -1.95. The highest BCUT2D eigenvalue weighted by molar-refractivity contribution is 5.47. The second kappa shape index (κ2) is 3.56. The maximum absolute atomic E-state index is 12.1. The second-order valence-corrected chi connectivity index (χ2v) is 2.55. The molecule has 6 nitrogen and oxygen atoms in total. The topological polar surface area (TPSA) is 90.7 Å². The monoisotopic (exact) mass is 213 g/mol. The zero-order valence-electron chi connectivity index (χ0n) is 7.26. The van der Waals surface area contributed by atoms with Crippen molar-refractivity contribution in [1.82, 2.24) is 20.2 Å². The van der Waals surface area contributed by atoms with Gasteiger partial charge < -0.3 is 10.2 Å². The molecule has 2 aromatic heterocycles. The van der Waals surface area contributed by atoms with Crippen molar-refractivity contribution in [1.29, 1.82) is 0 Å². The molecule has 0 saturated carbocycles. The molecule has 2 aromatic rings. The van der Waals surface area contributed by atoms with E-state index in [0.717, 1.165) is 0 Å². The van der Waals surface area contributed by atoms with Crippen molar-refractivity contribution in [2.24, 2.45) is 0 Å².